The Hall–Kier alpha value is -3.59. The number of carbonyl (C=O) groups excluding carboxylic acids is 2. The molecule has 2 aromatic carbocycles. The quantitative estimate of drug-likeness (QED) is 0.517. The summed E-state index contributed by atoms with van der Waals surface area (Å²) < 4.78 is 5.54. The van der Waals surface area contributed by atoms with E-state index in [1.165, 1.54) is 6.42 Å². The minimum atomic E-state index is -0.331. The molecule has 2 aromatic rings. The van der Waals surface area contributed by atoms with Gasteiger partial charge in [-0.1, -0.05) is 49.6 Å². The van der Waals surface area contributed by atoms with Crippen molar-refractivity contribution in [1.29, 1.82) is 5.26 Å². The third-order valence-corrected chi connectivity index (χ3v) is 5.29. The second-order valence-corrected chi connectivity index (χ2v) is 7.70. The van der Waals surface area contributed by atoms with Gasteiger partial charge in [0, 0.05) is 11.7 Å². The number of carbonyl (C=O) groups is 2. The molecule has 0 aromatic heterocycles. The molecule has 0 spiro atoms. The summed E-state index contributed by atoms with van der Waals surface area (Å²) in [7, 11) is 0. The van der Waals surface area contributed by atoms with Gasteiger partial charge in [-0.15, -0.1) is 0 Å². The van der Waals surface area contributed by atoms with Gasteiger partial charge in [0.2, 0.25) is 0 Å². The van der Waals surface area contributed by atoms with E-state index in [2.05, 4.69) is 10.6 Å². The standard InChI is InChI=1S/C25H27N3O3/c1-18-7-5-6-10-23(18)28-24(29)17-31-22-13-11-19(12-14-22)15-20(16-26)25(30)27-21-8-3-2-4-9-21/h5-7,10-15,21H,2-4,8-9,17H2,1H3,(H,27,30)(H,28,29)/b20-15+. The van der Waals surface area contributed by atoms with Crippen molar-refractivity contribution in [3.05, 3.63) is 65.2 Å². The summed E-state index contributed by atoms with van der Waals surface area (Å²) in [5.74, 6) is -0.0470. The molecule has 0 heterocycles. The molecule has 1 aliphatic rings. The minimum absolute atomic E-state index is 0.0804. The van der Waals surface area contributed by atoms with E-state index in [0.717, 1.165) is 36.9 Å². The maximum atomic E-state index is 12.4. The molecule has 0 unspecified atom stereocenters. The van der Waals surface area contributed by atoms with Crippen molar-refractivity contribution < 1.29 is 14.3 Å². The van der Waals surface area contributed by atoms with E-state index in [9.17, 15) is 14.9 Å². The molecule has 0 saturated heterocycles. The normalized spacial score (nSPS) is 14.4. The number of para-hydroxylation sites is 1. The number of amides is 2. The average molecular weight is 418 g/mol. The lowest BCUT2D eigenvalue weighted by Gasteiger charge is -2.22. The van der Waals surface area contributed by atoms with Gasteiger partial charge in [0.25, 0.3) is 11.8 Å². The first kappa shape index (κ1) is 22.1. The Bertz CT molecular complexity index is 984. The topological polar surface area (TPSA) is 91.2 Å². The van der Waals surface area contributed by atoms with Gasteiger partial charge < -0.3 is 15.4 Å². The van der Waals surface area contributed by atoms with Gasteiger partial charge in [-0.25, -0.2) is 0 Å². The number of nitriles is 1. The van der Waals surface area contributed by atoms with Crippen molar-refractivity contribution in [2.45, 2.75) is 45.1 Å². The molecule has 0 bridgehead atoms. The summed E-state index contributed by atoms with van der Waals surface area (Å²) in [5.41, 5.74) is 2.53. The Balaban J connectivity index is 1.53. The van der Waals surface area contributed by atoms with Gasteiger partial charge in [-0.2, -0.15) is 5.26 Å². The molecule has 3 rings (SSSR count). The van der Waals surface area contributed by atoms with Crippen LogP contribution in [-0.4, -0.2) is 24.5 Å². The Morgan fingerprint density at radius 3 is 2.48 bits per heavy atom. The van der Waals surface area contributed by atoms with E-state index in [1.54, 1.807) is 30.3 Å². The Kier molecular flexibility index (Phi) is 7.83. The minimum Gasteiger partial charge on any atom is -0.484 e. The number of hydrogen-bond donors (Lipinski definition) is 2. The van der Waals surface area contributed by atoms with Crippen LogP contribution >= 0.6 is 0 Å². The van der Waals surface area contributed by atoms with Gasteiger partial charge in [0.15, 0.2) is 6.61 Å². The number of ether oxygens (including phenoxy) is 1. The monoisotopic (exact) mass is 417 g/mol. The summed E-state index contributed by atoms with van der Waals surface area (Å²) in [4.78, 5) is 24.5. The molecule has 160 valence electrons. The summed E-state index contributed by atoms with van der Waals surface area (Å²) in [5, 5.41) is 15.2. The molecular formula is C25H27N3O3. The molecule has 6 heteroatoms. The number of benzene rings is 2. The van der Waals surface area contributed by atoms with Crippen molar-refractivity contribution >= 4 is 23.6 Å². The van der Waals surface area contributed by atoms with Crippen molar-refractivity contribution in [3.8, 4) is 11.8 Å². The number of nitrogens with zero attached hydrogens (tertiary/aromatic N) is 1. The smallest absolute Gasteiger partial charge is 0.262 e. The van der Waals surface area contributed by atoms with Crippen LogP contribution in [0.5, 0.6) is 5.75 Å². The van der Waals surface area contributed by atoms with Crippen molar-refractivity contribution in [2.75, 3.05) is 11.9 Å². The molecule has 1 fully saturated rings. The largest absolute Gasteiger partial charge is 0.484 e. The van der Waals surface area contributed by atoms with E-state index in [1.807, 2.05) is 37.3 Å². The predicted molar refractivity (Wildman–Crippen MR) is 120 cm³/mol. The van der Waals surface area contributed by atoms with Crippen molar-refractivity contribution in [1.82, 2.24) is 5.32 Å². The van der Waals surface area contributed by atoms with Crippen LogP contribution in [0.3, 0.4) is 0 Å². The van der Waals surface area contributed by atoms with Crippen LogP contribution in [0.2, 0.25) is 0 Å². The van der Waals surface area contributed by atoms with Crippen LogP contribution in [0.4, 0.5) is 5.69 Å². The van der Waals surface area contributed by atoms with Crippen LogP contribution in [-0.2, 0) is 9.59 Å². The lowest BCUT2D eigenvalue weighted by molar-refractivity contribution is -0.118. The van der Waals surface area contributed by atoms with Gasteiger partial charge >= 0.3 is 0 Å². The van der Waals surface area contributed by atoms with Crippen LogP contribution in [0.1, 0.15) is 43.2 Å². The van der Waals surface area contributed by atoms with E-state index >= 15 is 0 Å². The third-order valence-electron chi connectivity index (χ3n) is 5.29. The third kappa shape index (κ3) is 6.71. The first-order valence-electron chi connectivity index (χ1n) is 10.6. The number of rotatable bonds is 7. The highest BCUT2D eigenvalue weighted by Crippen LogP contribution is 2.19. The lowest BCUT2D eigenvalue weighted by atomic mass is 9.95. The van der Waals surface area contributed by atoms with E-state index in [-0.39, 0.29) is 30.0 Å². The van der Waals surface area contributed by atoms with Gasteiger partial charge in [0.1, 0.15) is 17.4 Å². The van der Waals surface area contributed by atoms with Gasteiger partial charge in [-0.3, -0.25) is 9.59 Å². The molecule has 0 atom stereocenters. The number of anilines is 1. The first-order chi connectivity index (χ1) is 15.0. The van der Waals surface area contributed by atoms with E-state index in [0.29, 0.717) is 11.3 Å². The summed E-state index contributed by atoms with van der Waals surface area (Å²) in [6, 6.07) is 16.6. The van der Waals surface area contributed by atoms with E-state index < -0.39 is 0 Å². The zero-order valence-corrected chi connectivity index (χ0v) is 17.7. The highest BCUT2D eigenvalue weighted by Gasteiger charge is 2.18. The molecule has 1 aliphatic carbocycles. The Morgan fingerprint density at radius 2 is 1.81 bits per heavy atom. The van der Waals surface area contributed by atoms with Crippen LogP contribution in [0, 0.1) is 18.3 Å². The lowest BCUT2D eigenvalue weighted by Crippen LogP contribution is -2.36. The molecule has 6 nitrogen and oxygen atoms in total. The molecule has 0 aliphatic heterocycles. The average Bonchev–Trinajstić information content (AvgIpc) is 2.79. The zero-order chi connectivity index (χ0) is 22.1. The van der Waals surface area contributed by atoms with Crippen molar-refractivity contribution in [2.24, 2.45) is 0 Å². The van der Waals surface area contributed by atoms with Gasteiger partial charge in [0.05, 0.1) is 0 Å². The number of hydrogen-bond acceptors (Lipinski definition) is 4. The zero-order valence-electron chi connectivity index (χ0n) is 17.7. The maximum absolute atomic E-state index is 12.4. The summed E-state index contributed by atoms with van der Waals surface area (Å²) in [6.45, 7) is 1.81. The number of aryl methyl sites for hydroxylation is 1. The van der Waals surface area contributed by atoms with Crippen LogP contribution < -0.4 is 15.4 Å². The highest BCUT2D eigenvalue weighted by atomic mass is 16.5. The van der Waals surface area contributed by atoms with Gasteiger partial charge in [-0.05, 0) is 55.2 Å². The Morgan fingerprint density at radius 1 is 1.10 bits per heavy atom. The van der Waals surface area contributed by atoms with E-state index in [4.69, 9.17) is 4.74 Å². The van der Waals surface area contributed by atoms with Crippen molar-refractivity contribution in [3.63, 3.8) is 0 Å². The van der Waals surface area contributed by atoms with Crippen LogP contribution in [0.25, 0.3) is 6.08 Å². The Labute approximate surface area is 182 Å². The highest BCUT2D eigenvalue weighted by molar-refractivity contribution is 6.01. The fraction of sp³-hybridized carbons (Fsp3) is 0.320. The van der Waals surface area contributed by atoms with Crippen LogP contribution in [0.15, 0.2) is 54.1 Å². The molecular weight excluding hydrogens is 390 g/mol. The second-order valence-electron chi connectivity index (χ2n) is 7.70. The molecule has 2 N–H and O–H groups in total. The fourth-order valence-electron chi connectivity index (χ4n) is 3.53. The molecule has 0 radical (unpaired) electrons. The summed E-state index contributed by atoms with van der Waals surface area (Å²) >= 11 is 0. The fourth-order valence-corrected chi connectivity index (χ4v) is 3.53. The maximum Gasteiger partial charge on any atom is 0.262 e. The molecule has 31 heavy (non-hydrogen) atoms. The predicted octanol–water partition coefficient (Wildman–Crippen LogP) is 4.37. The summed E-state index contributed by atoms with van der Waals surface area (Å²) in [6.07, 6.45) is 6.92. The molecule has 2 amide bonds. The molecule has 1 saturated carbocycles. The number of nitrogens with one attached hydrogen (secondary N) is 2. The second kappa shape index (κ2) is 11.0. The first-order valence-corrected chi connectivity index (χ1v) is 10.6. The SMILES string of the molecule is Cc1ccccc1NC(=O)COc1ccc(/C=C(\C#N)C(=O)NC2CCCCC2)cc1.